The third kappa shape index (κ3) is 3.66. The van der Waals surface area contributed by atoms with Crippen LogP contribution < -0.4 is 0 Å². The predicted molar refractivity (Wildman–Crippen MR) is 103 cm³/mol. The minimum Gasteiger partial charge on any atom is -0.337 e. The van der Waals surface area contributed by atoms with Crippen LogP contribution in [0.15, 0.2) is 54.6 Å². The molecule has 2 atom stereocenters. The fourth-order valence-corrected chi connectivity index (χ4v) is 4.16. The van der Waals surface area contributed by atoms with Gasteiger partial charge in [0.2, 0.25) is 0 Å². The molecule has 2 aliphatic rings. The van der Waals surface area contributed by atoms with Gasteiger partial charge in [-0.05, 0) is 17.7 Å². The zero-order valence-corrected chi connectivity index (χ0v) is 15.4. The highest BCUT2D eigenvalue weighted by atomic mass is 16.6. The van der Waals surface area contributed by atoms with E-state index >= 15 is 0 Å². The standard InChI is InChI=1S/C21H21N3O4/c25-20-17-11-22(10-15-4-2-1-3-5-15)12-18(20)14-23(13-17)21(26)16-6-8-19(9-7-16)24(27)28/h1-9,17-18H,10-14H2. The number of hydrogen-bond acceptors (Lipinski definition) is 5. The second kappa shape index (κ2) is 7.52. The molecule has 0 saturated carbocycles. The molecule has 2 unspecified atom stereocenters. The third-order valence-electron chi connectivity index (χ3n) is 5.50. The van der Waals surface area contributed by atoms with Crippen LogP contribution in [-0.2, 0) is 11.3 Å². The number of nitro benzene ring substituents is 1. The fourth-order valence-electron chi connectivity index (χ4n) is 4.16. The Balaban J connectivity index is 1.44. The van der Waals surface area contributed by atoms with Crippen molar-refractivity contribution in [3.63, 3.8) is 0 Å². The lowest BCUT2D eigenvalue weighted by atomic mass is 9.82. The van der Waals surface area contributed by atoms with Crippen molar-refractivity contribution in [3.8, 4) is 0 Å². The Bertz CT molecular complexity index is 880. The van der Waals surface area contributed by atoms with Gasteiger partial charge < -0.3 is 4.90 Å². The number of likely N-dealkylation sites (tertiary alicyclic amines) is 2. The van der Waals surface area contributed by atoms with Crippen molar-refractivity contribution in [1.82, 2.24) is 9.80 Å². The topological polar surface area (TPSA) is 83.8 Å². The highest BCUT2D eigenvalue weighted by Crippen LogP contribution is 2.28. The van der Waals surface area contributed by atoms with Crippen molar-refractivity contribution in [2.45, 2.75) is 6.54 Å². The molecule has 2 aliphatic heterocycles. The summed E-state index contributed by atoms with van der Waals surface area (Å²) < 4.78 is 0. The van der Waals surface area contributed by atoms with Gasteiger partial charge in [0.15, 0.2) is 0 Å². The molecule has 0 radical (unpaired) electrons. The quantitative estimate of drug-likeness (QED) is 0.602. The van der Waals surface area contributed by atoms with Crippen LogP contribution in [0.1, 0.15) is 15.9 Å². The van der Waals surface area contributed by atoms with E-state index < -0.39 is 4.92 Å². The first-order valence-electron chi connectivity index (χ1n) is 9.35. The van der Waals surface area contributed by atoms with E-state index in [4.69, 9.17) is 0 Å². The monoisotopic (exact) mass is 379 g/mol. The summed E-state index contributed by atoms with van der Waals surface area (Å²) >= 11 is 0. The van der Waals surface area contributed by atoms with Gasteiger partial charge in [-0.2, -0.15) is 0 Å². The second-order valence-corrected chi connectivity index (χ2v) is 7.49. The Morgan fingerprint density at radius 1 is 0.964 bits per heavy atom. The molecule has 2 fully saturated rings. The summed E-state index contributed by atoms with van der Waals surface area (Å²) in [5, 5.41) is 10.8. The lowest BCUT2D eigenvalue weighted by molar-refractivity contribution is -0.384. The Morgan fingerprint density at radius 2 is 1.57 bits per heavy atom. The Morgan fingerprint density at radius 3 is 2.14 bits per heavy atom. The van der Waals surface area contributed by atoms with Gasteiger partial charge in [0.25, 0.3) is 11.6 Å². The van der Waals surface area contributed by atoms with Crippen LogP contribution in [0.4, 0.5) is 5.69 Å². The maximum atomic E-state index is 12.8. The van der Waals surface area contributed by atoms with Crippen molar-refractivity contribution in [3.05, 3.63) is 75.8 Å². The van der Waals surface area contributed by atoms with E-state index in [1.165, 1.54) is 29.8 Å². The van der Waals surface area contributed by atoms with E-state index in [1.54, 1.807) is 4.90 Å². The summed E-state index contributed by atoms with van der Waals surface area (Å²) in [6.07, 6.45) is 0. The zero-order chi connectivity index (χ0) is 19.7. The maximum Gasteiger partial charge on any atom is 0.269 e. The Hall–Kier alpha value is -3.06. The molecule has 2 aromatic carbocycles. The number of Topliss-reactive ketones (excluding diaryl/α,β-unsaturated/α-hetero) is 1. The minimum absolute atomic E-state index is 0.0428. The normalized spacial score (nSPS) is 22.1. The number of hydrogen-bond donors (Lipinski definition) is 0. The molecule has 144 valence electrons. The molecule has 0 aliphatic carbocycles. The van der Waals surface area contributed by atoms with Crippen molar-refractivity contribution < 1.29 is 14.5 Å². The molecule has 0 spiro atoms. The van der Waals surface area contributed by atoms with E-state index in [2.05, 4.69) is 17.0 Å². The predicted octanol–water partition coefficient (Wildman–Crippen LogP) is 2.37. The second-order valence-electron chi connectivity index (χ2n) is 7.49. The van der Waals surface area contributed by atoms with Crippen LogP contribution >= 0.6 is 0 Å². The molecule has 28 heavy (non-hydrogen) atoms. The highest BCUT2D eigenvalue weighted by molar-refractivity contribution is 5.96. The molecule has 1 amide bonds. The number of nitrogens with zero attached hydrogens (tertiary/aromatic N) is 3. The fraction of sp³-hybridized carbons (Fsp3) is 0.333. The van der Waals surface area contributed by atoms with Gasteiger partial charge in [-0.15, -0.1) is 0 Å². The number of piperidine rings is 2. The summed E-state index contributed by atoms with van der Waals surface area (Å²) in [7, 11) is 0. The van der Waals surface area contributed by atoms with Gasteiger partial charge in [0.05, 0.1) is 4.92 Å². The average Bonchev–Trinajstić information content (AvgIpc) is 2.69. The van der Waals surface area contributed by atoms with Crippen LogP contribution in [-0.4, -0.2) is 52.6 Å². The van der Waals surface area contributed by atoms with Gasteiger partial charge in [0.1, 0.15) is 5.78 Å². The molecule has 2 bridgehead atoms. The first-order valence-corrected chi connectivity index (χ1v) is 9.35. The molecule has 7 nitrogen and oxygen atoms in total. The van der Waals surface area contributed by atoms with Crippen molar-refractivity contribution >= 4 is 17.4 Å². The lowest BCUT2D eigenvalue weighted by Crippen LogP contribution is -2.59. The van der Waals surface area contributed by atoms with Gasteiger partial charge >= 0.3 is 0 Å². The Labute approximate surface area is 162 Å². The number of carbonyl (C=O) groups excluding carboxylic acids is 2. The summed E-state index contributed by atoms with van der Waals surface area (Å²) in [5.74, 6) is -0.289. The van der Waals surface area contributed by atoms with E-state index in [9.17, 15) is 19.7 Å². The van der Waals surface area contributed by atoms with Gasteiger partial charge in [-0.25, -0.2) is 0 Å². The summed E-state index contributed by atoms with van der Waals surface area (Å²) in [6.45, 7) is 2.90. The minimum atomic E-state index is -0.487. The largest absolute Gasteiger partial charge is 0.337 e. The maximum absolute atomic E-state index is 12.8. The molecule has 4 rings (SSSR count). The van der Waals surface area contributed by atoms with E-state index in [-0.39, 0.29) is 29.2 Å². The SMILES string of the molecule is O=C1C2CN(Cc3ccccc3)CC1CN(C(=O)c1ccc([N+](=O)[O-])cc1)C2. The number of nitro groups is 1. The van der Waals surface area contributed by atoms with Gasteiger partial charge in [-0.1, -0.05) is 30.3 Å². The number of carbonyl (C=O) groups is 2. The summed E-state index contributed by atoms with van der Waals surface area (Å²) in [5.41, 5.74) is 1.59. The smallest absolute Gasteiger partial charge is 0.269 e. The molecule has 7 heteroatoms. The number of ketones is 1. The van der Waals surface area contributed by atoms with E-state index in [0.717, 1.165) is 6.54 Å². The van der Waals surface area contributed by atoms with Crippen molar-refractivity contribution in [1.29, 1.82) is 0 Å². The van der Waals surface area contributed by atoms with E-state index in [1.807, 2.05) is 18.2 Å². The van der Waals surface area contributed by atoms with Crippen LogP contribution in [0.25, 0.3) is 0 Å². The average molecular weight is 379 g/mol. The van der Waals surface area contributed by atoms with Crippen LogP contribution in [0, 0.1) is 22.0 Å². The Kier molecular flexibility index (Phi) is 4.92. The number of fused-ring (bicyclic) bond motifs is 2. The van der Waals surface area contributed by atoms with Crippen LogP contribution in [0.5, 0.6) is 0 Å². The van der Waals surface area contributed by atoms with Crippen LogP contribution in [0.3, 0.4) is 0 Å². The highest BCUT2D eigenvalue weighted by Gasteiger charge is 2.42. The third-order valence-corrected chi connectivity index (χ3v) is 5.50. The first kappa shape index (κ1) is 18.3. The molecule has 2 heterocycles. The molecular weight excluding hydrogens is 358 g/mol. The molecule has 2 saturated heterocycles. The number of benzene rings is 2. The first-order chi connectivity index (χ1) is 13.5. The molecule has 0 aromatic heterocycles. The van der Waals surface area contributed by atoms with Crippen LogP contribution in [0.2, 0.25) is 0 Å². The molecule has 0 N–H and O–H groups in total. The van der Waals surface area contributed by atoms with Crippen molar-refractivity contribution in [2.75, 3.05) is 26.2 Å². The number of amides is 1. The summed E-state index contributed by atoms with van der Waals surface area (Å²) in [4.78, 5) is 39.7. The number of non-ortho nitro benzene ring substituents is 1. The van der Waals surface area contributed by atoms with Gasteiger partial charge in [0, 0.05) is 62.3 Å². The zero-order valence-electron chi connectivity index (χ0n) is 15.4. The number of rotatable bonds is 4. The molecule has 2 aromatic rings. The lowest BCUT2D eigenvalue weighted by Gasteiger charge is -2.44. The van der Waals surface area contributed by atoms with E-state index in [0.29, 0.717) is 31.7 Å². The molecular formula is C21H21N3O4. The summed E-state index contributed by atoms with van der Waals surface area (Å²) in [6, 6.07) is 15.8. The van der Waals surface area contributed by atoms with Crippen molar-refractivity contribution in [2.24, 2.45) is 11.8 Å². The van der Waals surface area contributed by atoms with Gasteiger partial charge in [-0.3, -0.25) is 24.6 Å².